The van der Waals surface area contributed by atoms with Crippen LogP contribution in [0.5, 0.6) is 0 Å². The number of non-ortho nitro benzene ring substituents is 1. The van der Waals surface area contributed by atoms with Gasteiger partial charge in [-0.15, -0.1) is 0 Å². The molecule has 3 N–H and O–H groups in total. The van der Waals surface area contributed by atoms with Gasteiger partial charge in [-0.2, -0.15) is 0 Å². The van der Waals surface area contributed by atoms with E-state index < -0.39 is 22.8 Å². The van der Waals surface area contributed by atoms with Crippen molar-refractivity contribution in [2.24, 2.45) is 0 Å². The summed E-state index contributed by atoms with van der Waals surface area (Å²) >= 11 is 0. The molecule has 1 atom stereocenters. The molecule has 0 fully saturated rings. The molecule has 0 heterocycles. The number of hydrogen-bond donors (Lipinski definition) is 3. The van der Waals surface area contributed by atoms with E-state index in [2.05, 4.69) is 10.6 Å². The Balaban J connectivity index is 0.00000364. The Kier molecular flexibility index (Phi) is 8.67. The maximum atomic E-state index is 12.0. The third-order valence-corrected chi connectivity index (χ3v) is 3.45. The first-order valence-corrected chi connectivity index (χ1v) is 7.65. The summed E-state index contributed by atoms with van der Waals surface area (Å²) in [6.07, 6.45) is 1.22. The van der Waals surface area contributed by atoms with E-state index in [-0.39, 0.29) is 35.2 Å². The molecule has 2 aromatic rings. The van der Waals surface area contributed by atoms with Crippen molar-refractivity contribution in [3.8, 4) is 0 Å². The number of nitrogens with zero attached hydrogens (tertiary/aromatic N) is 1. The summed E-state index contributed by atoms with van der Waals surface area (Å²) in [6, 6.07) is 13.0. The van der Waals surface area contributed by atoms with Gasteiger partial charge in [-0.05, 0) is 24.6 Å². The van der Waals surface area contributed by atoms with E-state index in [1.807, 2.05) is 0 Å². The van der Waals surface area contributed by atoms with Crippen molar-refractivity contribution in [1.29, 1.82) is 0 Å². The summed E-state index contributed by atoms with van der Waals surface area (Å²) in [7, 11) is 0. The number of carbonyl (C=O) groups excluding carboxylic acids is 1. The Labute approximate surface area is 177 Å². The van der Waals surface area contributed by atoms with Gasteiger partial charge in [-0.25, -0.2) is 4.79 Å². The Morgan fingerprint density at radius 1 is 1.11 bits per heavy atom. The van der Waals surface area contributed by atoms with Gasteiger partial charge in [0.2, 0.25) is 5.91 Å². The second kappa shape index (κ2) is 10.5. The number of nitrogens with one attached hydrogen (secondary N) is 2. The van der Waals surface area contributed by atoms with Crippen LogP contribution in [0.2, 0.25) is 0 Å². The Bertz CT molecular complexity index is 838. The predicted octanol–water partition coefficient (Wildman–Crippen LogP) is 2.20. The van der Waals surface area contributed by atoms with E-state index in [1.165, 1.54) is 30.3 Å². The van der Waals surface area contributed by atoms with Crippen molar-refractivity contribution in [2.75, 3.05) is 5.32 Å². The van der Waals surface area contributed by atoms with Gasteiger partial charge in [0, 0.05) is 29.6 Å². The van der Waals surface area contributed by atoms with Crippen LogP contribution in [-0.2, 0) is 9.59 Å². The molecule has 1 unspecified atom stereocenters. The fourth-order valence-electron chi connectivity index (χ4n) is 2.24. The van der Waals surface area contributed by atoms with Crippen LogP contribution < -0.4 is 10.6 Å². The minimum atomic E-state index is -1.07. The monoisotopic (exact) mass is 379 g/mol. The second-order valence-corrected chi connectivity index (χ2v) is 5.45. The summed E-state index contributed by atoms with van der Waals surface area (Å²) in [5, 5.41) is 25.3. The number of benzene rings is 2. The molecule has 0 aromatic heterocycles. The maximum absolute atomic E-state index is 12.0. The number of allylic oxidation sites excluding steroid dienone is 1. The van der Waals surface area contributed by atoms with E-state index in [0.29, 0.717) is 16.9 Å². The third-order valence-electron chi connectivity index (χ3n) is 3.45. The molecule has 0 saturated carbocycles. The van der Waals surface area contributed by atoms with Crippen LogP contribution in [0, 0.1) is 10.1 Å². The van der Waals surface area contributed by atoms with Crippen LogP contribution in [0.4, 0.5) is 11.4 Å². The summed E-state index contributed by atoms with van der Waals surface area (Å²) in [5.41, 5.74) is 1.23. The van der Waals surface area contributed by atoms with E-state index >= 15 is 0 Å². The molecule has 0 aliphatic carbocycles. The molecular formula is C18H18N3NaO5. The topological polar surface area (TPSA) is 122 Å². The number of anilines is 1. The molecule has 2 rings (SSSR count). The summed E-state index contributed by atoms with van der Waals surface area (Å²) in [6.45, 7) is 1.58. The van der Waals surface area contributed by atoms with Crippen LogP contribution in [0.25, 0.3) is 0 Å². The molecule has 0 radical (unpaired) electrons. The van der Waals surface area contributed by atoms with Crippen LogP contribution in [-0.4, -0.2) is 51.5 Å². The number of aliphatic carboxylic acids is 1. The number of carbonyl (C=O) groups is 2. The van der Waals surface area contributed by atoms with Crippen LogP contribution in [0.1, 0.15) is 18.5 Å². The van der Waals surface area contributed by atoms with Gasteiger partial charge in [-0.1, -0.05) is 30.3 Å². The number of hydrogen-bond acceptors (Lipinski definition) is 5. The van der Waals surface area contributed by atoms with Crippen molar-refractivity contribution < 1.29 is 19.6 Å². The average Bonchev–Trinajstić information content (AvgIpc) is 2.60. The Morgan fingerprint density at radius 2 is 1.70 bits per heavy atom. The van der Waals surface area contributed by atoms with Crippen molar-refractivity contribution in [1.82, 2.24) is 5.32 Å². The van der Waals surface area contributed by atoms with Crippen molar-refractivity contribution in [2.45, 2.75) is 13.0 Å². The van der Waals surface area contributed by atoms with E-state index in [1.54, 1.807) is 37.3 Å². The van der Waals surface area contributed by atoms with Gasteiger partial charge in [0.15, 0.2) is 0 Å². The summed E-state index contributed by atoms with van der Waals surface area (Å²) in [4.78, 5) is 33.5. The quantitative estimate of drug-likeness (QED) is 0.293. The van der Waals surface area contributed by atoms with Gasteiger partial charge in [0.1, 0.15) is 6.04 Å². The normalized spacial score (nSPS) is 11.7. The zero-order valence-corrected chi connectivity index (χ0v) is 13.9. The third kappa shape index (κ3) is 6.86. The van der Waals surface area contributed by atoms with Crippen molar-refractivity contribution in [3.05, 3.63) is 82.0 Å². The van der Waals surface area contributed by atoms with E-state index in [9.17, 15) is 24.8 Å². The number of nitro benzene ring substituents is 1. The van der Waals surface area contributed by atoms with Crippen LogP contribution in [0.3, 0.4) is 0 Å². The molecule has 1 amide bonds. The van der Waals surface area contributed by atoms with E-state index in [0.717, 1.165) is 0 Å². The van der Waals surface area contributed by atoms with Crippen molar-refractivity contribution in [3.63, 3.8) is 0 Å². The molecule has 8 nitrogen and oxygen atoms in total. The number of amides is 1. The summed E-state index contributed by atoms with van der Waals surface area (Å²) in [5.74, 6) is -1.55. The van der Waals surface area contributed by atoms with Gasteiger partial charge < -0.3 is 15.7 Å². The fraction of sp³-hybridized carbons (Fsp3) is 0.111. The Hall–Kier alpha value is -2.68. The Morgan fingerprint density at radius 3 is 2.22 bits per heavy atom. The molecule has 0 spiro atoms. The molecule has 2 aromatic carbocycles. The number of rotatable bonds is 7. The predicted molar refractivity (Wildman–Crippen MR) is 103 cm³/mol. The summed E-state index contributed by atoms with van der Waals surface area (Å²) < 4.78 is 0. The molecule has 0 bridgehead atoms. The second-order valence-electron chi connectivity index (χ2n) is 5.45. The molecule has 136 valence electrons. The van der Waals surface area contributed by atoms with Gasteiger partial charge in [0.05, 0.1) is 4.92 Å². The zero-order valence-electron chi connectivity index (χ0n) is 13.9. The SMILES string of the molecule is C/C(=C\C(=O)Nc1ccc([N+](=O)[O-])cc1)NC(C(=O)O)c1ccccc1.[NaH]. The molecular weight excluding hydrogens is 361 g/mol. The standard InChI is InChI=1S/C18H17N3O5.Na.H/c1-12(19-17(18(23)24)13-5-3-2-4-6-13)11-16(22)20-14-7-9-15(10-8-14)21(25)26;;/h2-11,17,19H,1H3,(H,20,22)(H,23,24);;/b12-11+;;. The minimum absolute atomic E-state index is 0. The van der Waals surface area contributed by atoms with Crippen LogP contribution >= 0.6 is 0 Å². The molecule has 0 aliphatic heterocycles. The van der Waals surface area contributed by atoms with Crippen molar-refractivity contribution >= 4 is 52.8 Å². The first-order valence-electron chi connectivity index (χ1n) is 7.65. The first-order chi connectivity index (χ1) is 12.4. The zero-order chi connectivity index (χ0) is 19.1. The number of carboxylic acid groups (broad SMARTS) is 1. The average molecular weight is 379 g/mol. The van der Waals surface area contributed by atoms with Gasteiger partial charge in [0.25, 0.3) is 5.69 Å². The molecule has 27 heavy (non-hydrogen) atoms. The van der Waals surface area contributed by atoms with E-state index in [4.69, 9.17) is 0 Å². The molecule has 0 saturated heterocycles. The number of carboxylic acids is 1. The number of nitro groups is 1. The van der Waals surface area contributed by atoms with Gasteiger partial charge >= 0.3 is 35.5 Å². The molecule has 0 aliphatic rings. The molecule has 9 heteroatoms. The van der Waals surface area contributed by atoms with Crippen LogP contribution in [0.15, 0.2) is 66.4 Å². The van der Waals surface area contributed by atoms with Gasteiger partial charge in [-0.3, -0.25) is 14.9 Å². The first kappa shape index (κ1) is 22.4. The fourth-order valence-corrected chi connectivity index (χ4v) is 2.24.